The molecule has 0 amide bonds. The smallest absolute Gasteiger partial charge is 0.408 e. The van der Waals surface area contributed by atoms with Crippen molar-refractivity contribution in [2.45, 2.75) is 25.9 Å². The van der Waals surface area contributed by atoms with Crippen LogP contribution in [0.25, 0.3) is 11.1 Å². The number of hydrogen-bond acceptors (Lipinski definition) is 4. The molecular formula is C15H15BrN2O2S. The fraction of sp³-hybridized carbons (Fsp3) is 0.267. The summed E-state index contributed by atoms with van der Waals surface area (Å²) >= 11 is 5.11. The Bertz CT molecular complexity index is 834. The fourth-order valence-corrected chi connectivity index (χ4v) is 4.04. The molecule has 0 fully saturated rings. The molecule has 2 aromatic heterocycles. The summed E-state index contributed by atoms with van der Waals surface area (Å²) in [5.41, 5.74) is 8.66. The van der Waals surface area contributed by atoms with Crippen molar-refractivity contribution in [2.24, 2.45) is 5.73 Å². The number of rotatable bonds is 4. The topological polar surface area (TPSA) is 61.2 Å². The number of benzene rings is 1. The van der Waals surface area contributed by atoms with Gasteiger partial charge >= 0.3 is 5.76 Å². The van der Waals surface area contributed by atoms with Crippen LogP contribution in [-0.2, 0) is 6.54 Å². The normalized spacial score (nSPS) is 12.9. The van der Waals surface area contributed by atoms with Gasteiger partial charge in [-0.1, -0.05) is 13.0 Å². The van der Waals surface area contributed by atoms with E-state index in [-0.39, 0.29) is 11.8 Å². The van der Waals surface area contributed by atoms with Gasteiger partial charge in [0.2, 0.25) is 0 Å². The second-order valence-corrected chi connectivity index (χ2v) is 6.66. The highest BCUT2D eigenvalue weighted by Crippen LogP contribution is 2.32. The molecule has 3 rings (SSSR count). The lowest BCUT2D eigenvalue weighted by atomic mass is 10.1. The molecule has 0 saturated heterocycles. The molecule has 0 radical (unpaired) electrons. The second kappa shape index (κ2) is 5.79. The lowest BCUT2D eigenvalue weighted by Gasteiger charge is -2.11. The van der Waals surface area contributed by atoms with Crippen LogP contribution in [-0.4, -0.2) is 4.57 Å². The van der Waals surface area contributed by atoms with Gasteiger partial charge in [-0.05, 0) is 51.5 Å². The molecule has 2 N–H and O–H groups in total. The van der Waals surface area contributed by atoms with E-state index >= 15 is 0 Å². The Labute approximate surface area is 134 Å². The lowest BCUT2D eigenvalue weighted by molar-refractivity contribution is 0.502. The van der Waals surface area contributed by atoms with E-state index in [9.17, 15) is 4.79 Å². The summed E-state index contributed by atoms with van der Waals surface area (Å²) in [6, 6.07) is 7.48. The summed E-state index contributed by atoms with van der Waals surface area (Å²) < 4.78 is 8.00. The van der Waals surface area contributed by atoms with Crippen LogP contribution in [0.4, 0.5) is 0 Å². The minimum absolute atomic E-state index is 0.233. The van der Waals surface area contributed by atoms with E-state index < -0.39 is 0 Å². The van der Waals surface area contributed by atoms with Gasteiger partial charge in [-0.2, -0.15) is 0 Å². The predicted octanol–water partition coefficient (Wildman–Crippen LogP) is 3.88. The number of hydrogen-bond donors (Lipinski definition) is 1. The fourth-order valence-electron chi connectivity index (χ4n) is 2.39. The molecule has 110 valence electrons. The largest absolute Gasteiger partial charge is 0.419 e. The van der Waals surface area contributed by atoms with Crippen molar-refractivity contribution in [1.29, 1.82) is 0 Å². The summed E-state index contributed by atoms with van der Waals surface area (Å²) in [5, 5.41) is 2.00. The van der Waals surface area contributed by atoms with Crippen LogP contribution in [0.3, 0.4) is 0 Å². The first kappa shape index (κ1) is 14.6. The highest BCUT2D eigenvalue weighted by molar-refractivity contribution is 9.10. The lowest BCUT2D eigenvalue weighted by Crippen LogP contribution is -2.13. The zero-order valence-corrected chi connectivity index (χ0v) is 13.9. The van der Waals surface area contributed by atoms with Crippen LogP contribution in [0.15, 0.2) is 43.3 Å². The average Bonchev–Trinajstić information content (AvgIpc) is 3.02. The summed E-state index contributed by atoms with van der Waals surface area (Å²) in [6.45, 7) is 2.69. The van der Waals surface area contributed by atoms with E-state index in [1.165, 1.54) is 0 Å². The number of fused-ring (bicyclic) bond motifs is 1. The zero-order valence-electron chi connectivity index (χ0n) is 11.5. The van der Waals surface area contributed by atoms with Gasteiger partial charge in [-0.3, -0.25) is 4.57 Å². The Morgan fingerprint density at radius 3 is 2.90 bits per heavy atom. The highest BCUT2D eigenvalue weighted by Gasteiger charge is 2.16. The molecule has 4 nitrogen and oxygen atoms in total. The molecule has 0 saturated carbocycles. The number of aryl methyl sites for hydroxylation is 1. The SMILES string of the molecule is CCCn1c(=O)oc2cc(C(N)c3sccc3Br)ccc21. The van der Waals surface area contributed by atoms with Crippen LogP contribution in [0.2, 0.25) is 0 Å². The van der Waals surface area contributed by atoms with Gasteiger partial charge in [0.05, 0.1) is 11.6 Å². The van der Waals surface area contributed by atoms with E-state index in [1.54, 1.807) is 15.9 Å². The van der Waals surface area contributed by atoms with Crippen LogP contribution in [0, 0.1) is 0 Å². The third-order valence-electron chi connectivity index (χ3n) is 3.43. The molecule has 0 aliphatic carbocycles. The van der Waals surface area contributed by atoms with Crippen molar-refractivity contribution < 1.29 is 4.42 Å². The molecule has 0 aliphatic heterocycles. The number of oxazole rings is 1. The van der Waals surface area contributed by atoms with Gasteiger partial charge in [0.25, 0.3) is 0 Å². The zero-order chi connectivity index (χ0) is 15.0. The summed E-state index contributed by atoms with van der Waals surface area (Å²) in [4.78, 5) is 12.9. The monoisotopic (exact) mass is 366 g/mol. The number of halogens is 1. The first-order chi connectivity index (χ1) is 10.1. The minimum Gasteiger partial charge on any atom is -0.408 e. The molecule has 1 unspecified atom stereocenters. The molecule has 6 heteroatoms. The van der Waals surface area contributed by atoms with Crippen LogP contribution in [0.5, 0.6) is 0 Å². The van der Waals surface area contributed by atoms with Crippen LogP contribution < -0.4 is 11.5 Å². The number of nitrogens with zero attached hydrogens (tertiary/aromatic N) is 1. The molecule has 3 aromatic rings. The Kier molecular flexibility index (Phi) is 4.01. The van der Waals surface area contributed by atoms with Gasteiger partial charge in [0, 0.05) is 15.9 Å². The maximum Gasteiger partial charge on any atom is 0.419 e. The van der Waals surface area contributed by atoms with Gasteiger partial charge in [-0.25, -0.2) is 4.79 Å². The number of nitrogens with two attached hydrogens (primary N) is 1. The molecule has 2 heterocycles. The highest BCUT2D eigenvalue weighted by atomic mass is 79.9. The number of aromatic nitrogens is 1. The Hall–Kier alpha value is -1.37. The third-order valence-corrected chi connectivity index (χ3v) is 5.38. The average molecular weight is 367 g/mol. The van der Waals surface area contributed by atoms with Crippen molar-refractivity contribution in [3.8, 4) is 0 Å². The molecule has 1 aromatic carbocycles. The Balaban J connectivity index is 2.06. The first-order valence-electron chi connectivity index (χ1n) is 6.73. The standard InChI is InChI=1S/C15H15BrN2O2S/c1-2-6-18-11-4-3-9(8-12(11)20-15(18)19)13(17)14-10(16)5-7-21-14/h3-5,7-8,13H,2,6,17H2,1H3. The predicted molar refractivity (Wildman–Crippen MR) is 88.8 cm³/mol. The molecule has 0 spiro atoms. The van der Waals surface area contributed by atoms with Crippen molar-refractivity contribution in [3.63, 3.8) is 0 Å². The van der Waals surface area contributed by atoms with Gasteiger partial charge in [0.1, 0.15) is 0 Å². The Morgan fingerprint density at radius 2 is 2.24 bits per heavy atom. The summed E-state index contributed by atoms with van der Waals surface area (Å²) in [7, 11) is 0. The van der Waals surface area contributed by atoms with Crippen molar-refractivity contribution in [3.05, 3.63) is 55.1 Å². The molecule has 1 atom stereocenters. The first-order valence-corrected chi connectivity index (χ1v) is 8.41. The third kappa shape index (κ3) is 2.59. The Morgan fingerprint density at radius 1 is 1.43 bits per heavy atom. The van der Waals surface area contributed by atoms with Crippen molar-refractivity contribution in [1.82, 2.24) is 4.57 Å². The second-order valence-electron chi connectivity index (χ2n) is 4.86. The summed E-state index contributed by atoms with van der Waals surface area (Å²) in [6.07, 6.45) is 0.887. The van der Waals surface area contributed by atoms with E-state index in [4.69, 9.17) is 10.2 Å². The maximum atomic E-state index is 11.9. The van der Waals surface area contributed by atoms with E-state index in [2.05, 4.69) is 15.9 Å². The molecule has 0 aliphatic rings. The maximum absolute atomic E-state index is 11.9. The summed E-state index contributed by atoms with van der Waals surface area (Å²) in [5.74, 6) is -0.310. The van der Waals surface area contributed by atoms with Gasteiger partial charge < -0.3 is 10.2 Å². The molecular weight excluding hydrogens is 352 g/mol. The van der Waals surface area contributed by atoms with Gasteiger partial charge in [-0.15, -0.1) is 11.3 Å². The minimum atomic E-state index is -0.310. The molecule has 21 heavy (non-hydrogen) atoms. The quantitative estimate of drug-likeness (QED) is 0.761. The van der Waals surface area contributed by atoms with E-state index in [1.807, 2.05) is 36.6 Å². The van der Waals surface area contributed by atoms with E-state index in [0.717, 1.165) is 26.9 Å². The van der Waals surface area contributed by atoms with Crippen molar-refractivity contribution >= 4 is 38.4 Å². The molecule has 0 bridgehead atoms. The van der Waals surface area contributed by atoms with Crippen LogP contribution >= 0.6 is 27.3 Å². The van der Waals surface area contributed by atoms with Crippen LogP contribution in [0.1, 0.15) is 29.8 Å². The van der Waals surface area contributed by atoms with Crippen molar-refractivity contribution in [2.75, 3.05) is 0 Å². The van der Waals surface area contributed by atoms with Gasteiger partial charge in [0.15, 0.2) is 5.58 Å². The van der Waals surface area contributed by atoms with E-state index in [0.29, 0.717) is 12.1 Å². The number of thiophene rings is 1.